The molecule has 1 heterocycles. The number of amides is 1. The number of rotatable bonds is 4. The number of carbonyl (C=O) groups excluding carboxylic acids is 1. The molecule has 1 aliphatic carbocycles. The van der Waals surface area contributed by atoms with Crippen LogP contribution in [0, 0.1) is 17.8 Å². The van der Waals surface area contributed by atoms with Gasteiger partial charge in [-0.05, 0) is 37.8 Å². The molecule has 108 valence electrons. The van der Waals surface area contributed by atoms with Crippen LogP contribution in [0.15, 0.2) is 24.4 Å². The monoisotopic (exact) mass is 276 g/mol. The topological polar surface area (TPSA) is 79.3 Å². The second-order valence-corrected chi connectivity index (χ2v) is 5.61. The van der Waals surface area contributed by atoms with Gasteiger partial charge >= 0.3 is 5.97 Å². The molecule has 0 radical (unpaired) electrons. The number of hydrogen-bond acceptors (Lipinski definition) is 3. The largest absolute Gasteiger partial charge is 0.481 e. The predicted octanol–water partition coefficient (Wildman–Crippen LogP) is 2.01. The zero-order valence-electron chi connectivity index (χ0n) is 11.7. The van der Waals surface area contributed by atoms with E-state index in [0.29, 0.717) is 12.8 Å². The molecule has 1 fully saturated rings. The molecule has 1 aromatic rings. The van der Waals surface area contributed by atoms with Crippen molar-refractivity contribution in [3.05, 3.63) is 30.1 Å². The first-order valence-electron chi connectivity index (χ1n) is 6.93. The fourth-order valence-electron chi connectivity index (χ4n) is 2.88. The van der Waals surface area contributed by atoms with Crippen molar-refractivity contribution in [1.82, 2.24) is 10.3 Å². The zero-order chi connectivity index (χ0) is 14.7. The van der Waals surface area contributed by atoms with Crippen LogP contribution in [0.3, 0.4) is 0 Å². The van der Waals surface area contributed by atoms with Gasteiger partial charge in [0.2, 0.25) is 5.91 Å². The molecule has 0 spiro atoms. The molecule has 4 atom stereocenters. The Bertz CT molecular complexity index is 489. The Morgan fingerprint density at radius 1 is 1.35 bits per heavy atom. The summed E-state index contributed by atoms with van der Waals surface area (Å²) in [7, 11) is 0. The summed E-state index contributed by atoms with van der Waals surface area (Å²) in [5.74, 6) is -1.79. The van der Waals surface area contributed by atoms with Crippen LogP contribution >= 0.6 is 0 Å². The Kier molecular flexibility index (Phi) is 4.37. The molecule has 1 aromatic heterocycles. The number of pyridine rings is 1. The van der Waals surface area contributed by atoms with E-state index in [9.17, 15) is 14.7 Å². The fraction of sp³-hybridized carbons (Fsp3) is 0.533. The van der Waals surface area contributed by atoms with Gasteiger partial charge in [0, 0.05) is 6.20 Å². The van der Waals surface area contributed by atoms with Crippen LogP contribution in [0.2, 0.25) is 0 Å². The number of aromatic nitrogens is 1. The molecular weight excluding hydrogens is 256 g/mol. The molecule has 5 nitrogen and oxygen atoms in total. The maximum absolute atomic E-state index is 12.3. The summed E-state index contributed by atoms with van der Waals surface area (Å²) < 4.78 is 0. The van der Waals surface area contributed by atoms with Crippen molar-refractivity contribution in [1.29, 1.82) is 0 Å². The third-order valence-corrected chi connectivity index (χ3v) is 3.94. The Hall–Kier alpha value is -1.91. The third kappa shape index (κ3) is 3.15. The van der Waals surface area contributed by atoms with Crippen LogP contribution in [0.1, 0.15) is 38.4 Å². The SMILES string of the molecule is CC1C[C@H](C(=O)N[C@@H](C)c2ccccn2)[C@H](C(=O)O)C1. The Labute approximate surface area is 118 Å². The quantitative estimate of drug-likeness (QED) is 0.881. The van der Waals surface area contributed by atoms with Crippen molar-refractivity contribution in [2.45, 2.75) is 32.7 Å². The summed E-state index contributed by atoms with van der Waals surface area (Å²) >= 11 is 0. The highest BCUT2D eigenvalue weighted by Crippen LogP contribution is 2.36. The number of nitrogens with zero attached hydrogens (tertiary/aromatic N) is 1. The first-order chi connectivity index (χ1) is 9.49. The predicted molar refractivity (Wildman–Crippen MR) is 73.8 cm³/mol. The molecule has 5 heteroatoms. The van der Waals surface area contributed by atoms with Gasteiger partial charge in [0.25, 0.3) is 0 Å². The van der Waals surface area contributed by atoms with E-state index >= 15 is 0 Å². The van der Waals surface area contributed by atoms with Crippen LogP contribution in [-0.2, 0) is 9.59 Å². The minimum atomic E-state index is -0.875. The molecule has 2 N–H and O–H groups in total. The van der Waals surface area contributed by atoms with Crippen LogP contribution in [0.25, 0.3) is 0 Å². The second kappa shape index (κ2) is 6.03. The lowest BCUT2D eigenvalue weighted by Crippen LogP contribution is -2.36. The molecule has 1 amide bonds. The molecular formula is C15H20N2O3. The Morgan fingerprint density at radius 2 is 2.05 bits per heavy atom. The van der Waals surface area contributed by atoms with Gasteiger partial charge in [-0.1, -0.05) is 13.0 Å². The fourth-order valence-corrected chi connectivity index (χ4v) is 2.88. The Balaban J connectivity index is 2.02. The first-order valence-corrected chi connectivity index (χ1v) is 6.93. The van der Waals surface area contributed by atoms with Gasteiger partial charge in [-0.3, -0.25) is 14.6 Å². The molecule has 0 aliphatic heterocycles. The molecule has 1 unspecified atom stereocenters. The smallest absolute Gasteiger partial charge is 0.307 e. The highest BCUT2D eigenvalue weighted by molar-refractivity contribution is 5.85. The minimum absolute atomic E-state index is 0.181. The highest BCUT2D eigenvalue weighted by atomic mass is 16.4. The average Bonchev–Trinajstić information content (AvgIpc) is 2.82. The third-order valence-electron chi connectivity index (χ3n) is 3.94. The minimum Gasteiger partial charge on any atom is -0.481 e. The lowest BCUT2D eigenvalue weighted by Gasteiger charge is -2.19. The van der Waals surface area contributed by atoms with Crippen LogP contribution in [-0.4, -0.2) is 22.0 Å². The average molecular weight is 276 g/mol. The summed E-state index contributed by atoms with van der Waals surface area (Å²) in [5.41, 5.74) is 0.777. The zero-order valence-corrected chi connectivity index (χ0v) is 11.7. The summed E-state index contributed by atoms with van der Waals surface area (Å²) in [5, 5.41) is 12.1. The van der Waals surface area contributed by atoms with Crippen LogP contribution in [0.4, 0.5) is 0 Å². The van der Waals surface area contributed by atoms with Crippen LogP contribution < -0.4 is 5.32 Å². The van der Waals surface area contributed by atoms with Crippen molar-refractivity contribution in [3.63, 3.8) is 0 Å². The number of hydrogen-bond donors (Lipinski definition) is 2. The highest BCUT2D eigenvalue weighted by Gasteiger charge is 2.41. The van der Waals surface area contributed by atoms with Crippen molar-refractivity contribution in [3.8, 4) is 0 Å². The summed E-state index contributed by atoms with van der Waals surface area (Å²) in [6, 6.07) is 5.31. The van der Waals surface area contributed by atoms with Crippen molar-refractivity contribution in [2.24, 2.45) is 17.8 Å². The van der Waals surface area contributed by atoms with Gasteiger partial charge < -0.3 is 10.4 Å². The van der Waals surface area contributed by atoms with Gasteiger partial charge in [0.15, 0.2) is 0 Å². The van der Waals surface area contributed by atoms with E-state index in [2.05, 4.69) is 10.3 Å². The molecule has 0 bridgehead atoms. The second-order valence-electron chi connectivity index (χ2n) is 5.61. The van der Waals surface area contributed by atoms with Crippen molar-refractivity contribution in [2.75, 3.05) is 0 Å². The molecule has 1 saturated carbocycles. The van der Waals surface area contributed by atoms with Crippen molar-refractivity contribution >= 4 is 11.9 Å². The normalized spacial score (nSPS) is 27.0. The number of nitrogens with one attached hydrogen (secondary N) is 1. The van der Waals surface area contributed by atoms with E-state index in [-0.39, 0.29) is 17.9 Å². The van der Waals surface area contributed by atoms with E-state index in [1.807, 2.05) is 32.0 Å². The summed E-state index contributed by atoms with van der Waals surface area (Å²) in [6.45, 7) is 3.85. The van der Waals surface area contributed by atoms with E-state index in [1.165, 1.54) is 0 Å². The van der Waals surface area contributed by atoms with Gasteiger partial charge in [-0.25, -0.2) is 0 Å². The molecule has 1 aliphatic rings. The number of carboxylic acids is 1. The van der Waals surface area contributed by atoms with E-state index in [0.717, 1.165) is 5.69 Å². The van der Waals surface area contributed by atoms with E-state index in [1.54, 1.807) is 6.20 Å². The molecule has 0 aromatic carbocycles. The maximum atomic E-state index is 12.3. The molecule has 2 rings (SSSR count). The van der Waals surface area contributed by atoms with Gasteiger partial charge in [-0.2, -0.15) is 0 Å². The van der Waals surface area contributed by atoms with E-state index < -0.39 is 17.8 Å². The van der Waals surface area contributed by atoms with Gasteiger partial charge in [0.1, 0.15) is 0 Å². The summed E-state index contributed by atoms with van der Waals surface area (Å²) in [4.78, 5) is 27.7. The Morgan fingerprint density at radius 3 is 2.65 bits per heavy atom. The first kappa shape index (κ1) is 14.5. The lowest BCUT2D eigenvalue weighted by molar-refractivity contribution is -0.146. The van der Waals surface area contributed by atoms with Gasteiger partial charge in [-0.15, -0.1) is 0 Å². The van der Waals surface area contributed by atoms with Crippen molar-refractivity contribution < 1.29 is 14.7 Å². The molecule has 20 heavy (non-hydrogen) atoms. The number of aliphatic carboxylic acids is 1. The molecule has 0 saturated heterocycles. The van der Waals surface area contributed by atoms with Gasteiger partial charge in [0.05, 0.1) is 23.6 Å². The van der Waals surface area contributed by atoms with E-state index in [4.69, 9.17) is 0 Å². The summed E-state index contributed by atoms with van der Waals surface area (Å²) in [6.07, 6.45) is 2.89. The lowest BCUT2D eigenvalue weighted by atomic mass is 9.95. The van der Waals surface area contributed by atoms with Crippen LogP contribution in [0.5, 0.6) is 0 Å². The number of carbonyl (C=O) groups is 2. The standard InChI is InChI=1S/C15H20N2O3/c1-9-7-11(12(8-9)15(19)20)14(18)17-10(2)13-5-3-4-6-16-13/h3-6,9-12H,7-8H2,1-2H3,(H,17,18)(H,19,20)/t9?,10-,11-,12+/m0/s1. The maximum Gasteiger partial charge on any atom is 0.307 e. The number of carboxylic acid groups (broad SMARTS) is 1.